The fourth-order valence-corrected chi connectivity index (χ4v) is 2.89. The SMILES string of the molecule is NC(=O)CCC(N)C(=O)NCC(=O)NC(Cc1cnc[nH]1)C(=O)NC(Cc1cnc[nH]1)C(=O)O. The molecular formula is C19H27N9O6. The molecule has 34 heavy (non-hydrogen) atoms. The fraction of sp³-hybridized carbons (Fsp3) is 0.421. The summed E-state index contributed by atoms with van der Waals surface area (Å²) in [5, 5.41) is 16.6. The number of aromatic nitrogens is 4. The molecule has 2 rings (SSSR count). The van der Waals surface area contributed by atoms with Crippen LogP contribution in [0.5, 0.6) is 0 Å². The molecule has 0 saturated heterocycles. The van der Waals surface area contributed by atoms with Crippen LogP contribution in [-0.4, -0.2) is 79.3 Å². The van der Waals surface area contributed by atoms with Gasteiger partial charge < -0.3 is 42.5 Å². The van der Waals surface area contributed by atoms with Crippen LogP contribution in [0.15, 0.2) is 25.0 Å². The van der Waals surface area contributed by atoms with E-state index in [0.717, 1.165) is 0 Å². The lowest BCUT2D eigenvalue weighted by atomic mass is 10.1. The van der Waals surface area contributed by atoms with E-state index in [1.54, 1.807) is 0 Å². The molecular weight excluding hydrogens is 450 g/mol. The molecule has 2 aromatic rings. The van der Waals surface area contributed by atoms with Crippen molar-refractivity contribution in [1.29, 1.82) is 0 Å². The summed E-state index contributed by atoms with van der Waals surface area (Å²) in [6.45, 7) is -0.494. The topological polar surface area (TPSA) is 251 Å². The zero-order valence-corrected chi connectivity index (χ0v) is 18.1. The Balaban J connectivity index is 1.98. The molecule has 0 aromatic carbocycles. The van der Waals surface area contributed by atoms with E-state index in [2.05, 4.69) is 35.9 Å². The van der Waals surface area contributed by atoms with Crippen molar-refractivity contribution in [2.45, 2.75) is 43.8 Å². The van der Waals surface area contributed by atoms with Gasteiger partial charge in [-0.05, 0) is 6.42 Å². The van der Waals surface area contributed by atoms with Crippen molar-refractivity contribution in [2.75, 3.05) is 6.54 Å². The number of nitrogens with one attached hydrogen (secondary N) is 5. The summed E-state index contributed by atoms with van der Waals surface area (Å²) in [5.41, 5.74) is 11.7. The zero-order chi connectivity index (χ0) is 25.1. The second kappa shape index (κ2) is 12.7. The number of hydrogen-bond acceptors (Lipinski definition) is 8. The molecule has 0 fully saturated rings. The lowest BCUT2D eigenvalue weighted by molar-refractivity contribution is -0.142. The Morgan fingerprint density at radius 3 is 2.03 bits per heavy atom. The molecule has 4 amide bonds. The van der Waals surface area contributed by atoms with Crippen LogP contribution in [-0.2, 0) is 36.8 Å². The Hall–Kier alpha value is -4.27. The van der Waals surface area contributed by atoms with Crippen LogP contribution in [0.1, 0.15) is 24.2 Å². The first-order chi connectivity index (χ1) is 16.2. The van der Waals surface area contributed by atoms with Crippen molar-refractivity contribution in [3.8, 4) is 0 Å². The van der Waals surface area contributed by atoms with Crippen molar-refractivity contribution in [3.63, 3.8) is 0 Å². The van der Waals surface area contributed by atoms with Crippen molar-refractivity contribution in [1.82, 2.24) is 35.9 Å². The number of amides is 4. The zero-order valence-electron chi connectivity index (χ0n) is 18.1. The number of carboxylic acid groups (broad SMARTS) is 1. The first kappa shape index (κ1) is 26.0. The maximum Gasteiger partial charge on any atom is 0.326 e. The number of carbonyl (C=O) groups excluding carboxylic acids is 4. The van der Waals surface area contributed by atoms with Gasteiger partial charge in [0.05, 0.1) is 25.2 Å². The molecule has 15 nitrogen and oxygen atoms in total. The smallest absolute Gasteiger partial charge is 0.326 e. The minimum absolute atomic E-state index is 0.0138. The molecule has 3 unspecified atom stereocenters. The molecule has 0 spiro atoms. The Morgan fingerprint density at radius 2 is 1.53 bits per heavy atom. The van der Waals surface area contributed by atoms with E-state index in [1.807, 2.05) is 0 Å². The van der Waals surface area contributed by atoms with Gasteiger partial charge in [0.15, 0.2) is 0 Å². The number of carbonyl (C=O) groups is 5. The number of primary amides is 1. The number of aromatic amines is 2. The van der Waals surface area contributed by atoms with Crippen molar-refractivity contribution < 1.29 is 29.1 Å². The number of aliphatic carboxylic acids is 1. The number of rotatable bonds is 14. The maximum absolute atomic E-state index is 12.8. The number of H-pyrrole nitrogens is 2. The Morgan fingerprint density at radius 1 is 0.941 bits per heavy atom. The number of hydrogen-bond donors (Lipinski definition) is 8. The van der Waals surface area contributed by atoms with Gasteiger partial charge in [-0.1, -0.05) is 0 Å². The van der Waals surface area contributed by atoms with E-state index < -0.39 is 54.3 Å². The predicted octanol–water partition coefficient (Wildman–Crippen LogP) is -3.32. The van der Waals surface area contributed by atoms with E-state index in [-0.39, 0.29) is 25.7 Å². The van der Waals surface area contributed by atoms with Gasteiger partial charge in [0.2, 0.25) is 23.6 Å². The average Bonchev–Trinajstić information content (AvgIpc) is 3.49. The third kappa shape index (κ3) is 8.70. The highest BCUT2D eigenvalue weighted by Gasteiger charge is 2.28. The molecule has 10 N–H and O–H groups in total. The third-order valence-electron chi connectivity index (χ3n) is 4.69. The first-order valence-corrected chi connectivity index (χ1v) is 10.2. The number of imidazole rings is 2. The molecule has 2 aromatic heterocycles. The lowest BCUT2D eigenvalue weighted by Crippen LogP contribution is -2.55. The van der Waals surface area contributed by atoms with Gasteiger partial charge >= 0.3 is 5.97 Å². The monoisotopic (exact) mass is 477 g/mol. The van der Waals surface area contributed by atoms with Gasteiger partial charge in [-0.15, -0.1) is 0 Å². The van der Waals surface area contributed by atoms with E-state index in [4.69, 9.17) is 11.5 Å². The molecule has 15 heteroatoms. The summed E-state index contributed by atoms with van der Waals surface area (Å²) in [4.78, 5) is 72.8. The van der Waals surface area contributed by atoms with Crippen LogP contribution < -0.4 is 27.4 Å². The van der Waals surface area contributed by atoms with Crippen molar-refractivity contribution >= 4 is 29.6 Å². The summed E-state index contributed by atoms with van der Waals surface area (Å²) in [7, 11) is 0. The van der Waals surface area contributed by atoms with E-state index in [9.17, 15) is 29.1 Å². The summed E-state index contributed by atoms with van der Waals surface area (Å²) in [5.74, 6) is -4.01. The molecule has 0 saturated carbocycles. The van der Waals surface area contributed by atoms with Gasteiger partial charge in [-0.3, -0.25) is 19.2 Å². The highest BCUT2D eigenvalue weighted by molar-refractivity contribution is 5.92. The van der Waals surface area contributed by atoms with Gasteiger partial charge in [0, 0.05) is 43.0 Å². The average molecular weight is 477 g/mol. The quantitative estimate of drug-likeness (QED) is 0.135. The van der Waals surface area contributed by atoms with Gasteiger partial charge in [-0.25, -0.2) is 14.8 Å². The minimum Gasteiger partial charge on any atom is -0.480 e. The van der Waals surface area contributed by atoms with Crippen LogP contribution in [0, 0.1) is 0 Å². The Labute approximate surface area is 193 Å². The lowest BCUT2D eigenvalue weighted by Gasteiger charge is -2.21. The second-order valence-corrected chi connectivity index (χ2v) is 7.41. The second-order valence-electron chi connectivity index (χ2n) is 7.41. The van der Waals surface area contributed by atoms with E-state index in [0.29, 0.717) is 11.4 Å². The van der Waals surface area contributed by atoms with Crippen LogP contribution in [0.4, 0.5) is 0 Å². The molecule has 0 aliphatic rings. The summed E-state index contributed by atoms with van der Waals surface area (Å²) >= 11 is 0. The van der Waals surface area contributed by atoms with E-state index >= 15 is 0 Å². The number of nitrogens with zero attached hydrogens (tertiary/aromatic N) is 2. The van der Waals surface area contributed by atoms with Gasteiger partial charge in [0.1, 0.15) is 12.1 Å². The summed E-state index contributed by atoms with van der Waals surface area (Å²) in [6.07, 6.45) is 5.51. The molecule has 0 radical (unpaired) electrons. The highest BCUT2D eigenvalue weighted by atomic mass is 16.4. The number of carboxylic acids is 1. The van der Waals surface area contributed by atoms with Crippen LogP contribution in [0.2, 0.25) is 0 Å². The standard InChI is InChI=1S/C19H27N9O6/c20-12(1-2-15(21)29)17(31)24-7-16(30)27-13(3-10-5-22-8-25-10)18(32)28-14(19(33)34)4-11-6-23-9-26-11/h5-6,8-9,12-14H,1-4,7,20H2,(H2,21,29)(H,22,25)(H,23,26)(H,24,31)(H,27,30)(H,28,32)(H,33,34). The molecule has 0 aliphatic heterocycles. The molecule has 0 aliphatic carbocycles. The van der Waals surface area contributed by atoms with Gasteiger partial charge in [0.25, 0.3) is 0 Å². The first-order valence-electron chi connectivity index (χ1n) is 10.2. The normalized spacial score (nSPS) is 13.3. The Bertz CT molecular complexity index is 977. The van der Waals surface area contributed by atoms with E-state index in [1.165, 1.54) is 25.0 Å². The number of nitrogens with two attached hydrogens (primary N) is 2. The highest BCUT2D eigenvalue weighted by Crippen LogP contribution is 2.03. The van der Waals surface area contributed by atoms with Crippen molar-refractivity contribution in [3.05, 3.63) is 36.4 Å². The minimum atomic E-state index is -1.28. The predicted molar refractivity (Wildman–Crippen MR) is 115 cm³/mol. The largest absolute Gasteiger partial charge is 0.480 e. The van der Waals surface area contributed by atoms with Gasteiger partial charge in [-0.2, -0.15) is 0 Å². The van der Waals surface area contributed by atoms with Crippen molar-refractivity contribution in [2.24, 2.45) is 11.5 Å². The molecule has 184 valence electrons. The van der Waals surface area contributed by atoms with Crippen LogP contribution in [0.25, 0.3) is 0 Å². The Kier molecular flexibility index (Phi) is 9.70. The summed E-state index contributed by atoms with van der Waals surface area (Å²) in [6, 6.07) is -3.49. The fourth-order valence-electron chi connectivity index (χ4n) is 2.89. The van der Waals surface area contributed by atoms with Crippen LogP contribution in [0.3, 0.4) is 0 Å². The summed E-state index contributed by atoms with van der Waals surface area (Å²) < 4.78 is 0. The molecule has 3 atom stereocenters. The maximum atomic E-state index is 12.8. The molecule has 0 bridgehead atoms. The van der Waals surface area contributed by atoms with Crippen LogP contribution >= 0.6 is 0 Å². The third-order valence-corrected chi connectivity index (χ3v) is 4.69. The molecule has 2 heterocycles.